The second-order valence-electron chi connectivity index (χ2n) is 14.7. The molecule has 0 spiro atoms. The van der Waals surface area contributed by atoms with Gasteiger partial charge in [0.05, 0.1) is 41.4 Å². The molecule has 0 radical (unpaired) electrons. The highest BCUT2D eigenvalue weighted by Gasteiger charge is 2.50. The minimum atomic E-state index is -1.78. The van der Waals surface area contributed by atoms with Gasteiger partial charge >= 0.3 is 11.9 Å². The number of hydrogen-bond acceptors (Lipinski definition) is 12. The van der Waals surface area contributed by atoms with Gasteiger partial charge in [0.15, 0.2) is 12.4 Å². The van der Waals surface area contributed by atoms with Crippen molar-refractivity contribution in [2.45, 2.75) is 141 Å². The van der Waals surface area contributed by atoms with Gasteiger partial charge in [-0.1, -0.05) is 39.0 Å². The van der Waals surface area contributed by atoms with Crippen LogP contribution in [0, 0.1) is 17.8 Å². The molecule has 14 atom stereocenters. The summed E-state index contributed by atoms with van der Waals surface area (Å²) in [4.78, 5) is 28.6. The van der Waals surface area contributed by atoms with Crippen LogP contribution in [0.15, 0.2) is 30.3 Å². The zero-order valence-corrected chi connectivity index (χ0v) is 30.3. The highest BCUT2D eigenvalue weighted by molar-refractivity contribution is 5.89. The first-order valence-electron chi connectivity index (χ1n) is 17.3. The molecule has 0 unspecified atom stereocenters. The van der Waals surface area contributed by atoms with Crippen LogP contribution >= 0.6 is 0 Å². The lowest BCUT2D eigenvalue weighted by Gasteiger charge is -2.46. The Morgan fingerprint density at radius 2 is 1.71 bits per heavy atom. The van der Waals surface area contributed by atoms with Crippen molar-refractivity contribution < 1.29 is 49.0 Å². The topological polar surface area (TPSA) is 167 Å². The Morgan fingerprint density at radius 1 is 1.08 bits per heavy atom. The predicted octanol–water partition coefficient (Wildman–Crippen LogP) is 2.50. The second kappa shape index (κ2) is 16.7. The van der Waals surface area contributed by atoms with Crippen molar-refractivity contribution in [2.24, 2.45) is 17.8 Å². The van der Waals surface area contributed by atoms with E-state index in [0.29, 0.717) is 18.5 Å². The maximum Gasteiger partial charge on any atom is 0.338 e. The van der Waals surface area contributed by atoms with Crippen LogP contribution < -0.4 is 5.32 Å². The molecule has 0 aromatic heterocycles. The zero-order chi connectivity index (χ0) is 36.1. The lowest BCUT2D eigenvalue weighted by Crippen LogP contribution is -2.60. The van der Waals surface area contributed by atoms with Crippen molar-refractivity contribution in [3.05, 3.63) is 35.9 Å². The van der Waals surface area contributed by atoms with E-state index in [2.05, 4.69) is 5.32 Å². The number of ether oxygens (including phenoxy) is 4. The zero-order valence-electron chi connectivity index (χ0n) is 30.3. The number of aliphatic hydroxyl groups is 4. The monoisotopic (exact) mass is 680 g/mol. The molecule has 12 nitrogen and oxygen atoms in total. The third kappa shape index (κ3) is 9.33. The quantitative estimate of drug-likeness (QED) is 0.279. The van der Waals surface area contributed by atoms with Crippen LogP contribution in [-0.4, -0.2) is 124 Å². The van der Waals surface area contributed by atoms with E-state index < -0.39 is 77.8 Å². The van der Waals surface area contributed by atoms with Crippen molar-refractivity contribution in [3.8, 4) is 0 Å². The molecule has 2 fully saturated rings. The van der Waals surface area contributed by atoms with Crippen molar-refractivity contribution in [1.29, 1.82) is 0 Å². The van der Waals surface area contributed by atoms with E-state index in [-0.39, 0.29) is 30.9 Å². The highest BCUT2D eigenvalue weighted by Crippen LogP contribution is 2.37. The summed E-state index contributed by atoms with van der Waals surface area (Å²) in [5, 5.41) is 49.8. The summed E-state index contributed by atoms with van der Waals surface area (Å²) in [7, 11) is 3.59. The van der Waals surface area contributed by atoms with E-state index >= 15 is 0 Å². The Morgan fingerprint density at radius 3 is 2.29 bits per heavy atom. The molecule has 0 bridgehead atoms. The number of hydrogen-bond donors (Lipinski definition) is 5. The van der Waals surface area contributed by atoms with E-state index in [1.807, 2.05) is 25.8 Å². The molecule has 2 heterocycles. The first kappa shape index (κ1) is 40.3. The number of esters is 2. The highest BCUT2D eigenvalue weighted by atomic mass is 16.7. The van der Waals surface area contributed by atoms with Crippen LogP contribution in [0.3, 0.4) is 0 Å². The Labute approximate surface area is 286 Å². The molecule has 274 valence electrons. The molecule has 2 saturated heterocycles. The van der Waals surface area contributed by atoms with Gasteiger partial charge in [0.1, 0.15) is 17.8 Å². The summed E-state index contributed by atoms with van der Waals surface area (Å²) in [6.45, 7) is 14.1. The van der Waals surface area contributed by atoms with Crippen molar-refractivity contribution >= 4 is 11.9 Å². The molecule has 2 aliphatic rings. The fourth-order valence-corrected chi connectivity index (χ4v) is 7.42. The van der Waals surface area contributed by atoms with Crippen LogP contribution in [0.25, 0.3) is 0 Å². The Bertz CT molecular complexity index is 1180. The standard InChI is InChI=1S/C36H60N2O10/c1-11-27-36(8,44)30(40)24(6)38(10)19-20(2)18-35(7,43)31(22(4)28(39)23(5)32(41)46-27)48-34-29(26(37-9)17-21(3)45-34)47-33(42)25-15-13-12-14-16-25/h12-16,20-24,26-31,34,37,39-40,43-44H,11,17-19H2,1-10H3/t20-,21-,22+,23-,24-,26+,27-,28+,29-,30-,31-,34+,35-,36-/m1/s1. The third-order valence-electron chi connectivity index (χ3n) is 10.4. The van der Waals surface area contributed by atoms with E-state index in [1.54, 1.807) is 65.1 Å². The average molecular weight is 681 g/mol. The van der Waals surface area contributed by atoms with Crippen LogP contribution in [-0.2, 0) is 23.7 Å². The fraction of sp³-hybridized carbons (Fsp3) is 0.778. The molecule has 48 heavy (non-hydrogen) atoms. The molecule has 1 aromatic rings. The normalized spacial score (nSPS) is 42.7. The molecular formula is C36H60N2O10. The van der Waals surface area contributed by atoms with E-state index in [9.17, 15) is 30.0 Å². The Kier molecular flexibility index (Phi) is 14.0. The van der Waals surface area contributed by atoms with Crippen LogP contribution in [0.5, 0.6) is 0 Å². The van der Waals surface area contributed by atoms with Gasteiger partial charge in [-0.05, 0) is 86.0 Å². The Hall–Kier alpha value is -2.16. The van der Waals surface area contributed by atoms with Crippen LogP contribution in [0.1, 0.15) is 85.0 Å². The lowest BCUT2D eigenvalue weighted by molar-refractivity contribution is -0.293. The largest absolute Gasteiger partial charge is 0.459 e. The van der Waals surface area contributed by atoms with E-state index in [1.165, 1.54) is 13.8 Å². The van der Waals surface area contributed by atoms with Crippen LogP contribution in [0.2, 0.25) is 0 Å². The number of carbonyl (C=O) groups is 2. The molecular weight excluding hydrogens is 620 g/mol. The number of nitrogens with zero attached hydrogens (tertiary/aromatic N) is 1. The van der Waals surface area contributed by atoms with Gasteiger partial charge in [0, 0.05) is 18.5 Å². The number of likely N-dealkylation sites (N-methyl/N-ethyl adjacent to an activating group) is 2. The number of rotatable bonds is 6. The number of cyclic esters (lactones) is 1. The molecule has 12 heteroatoms. The summed E-state index contributed by atoms with van der Waals surface area (Å²) in [5.74, 6) is -3.40. The minimum Gasteiger partial charge on any atom is -0.459 e. The molecule has 5 N–H and O–H groups in total. The SMILES string of the molecule is CC[C@H]1OC(=O)[C@H](C)[C@@H](O)[C@H](C)[C@@H](O[C@@H]2O[C@H](C)C[C@H](NC)[C@H]2OC(=O)c2ccccc2)[C@](C)(O)C[C@@H](C)CN(C)[C@H](C)[C@@H](O)[C@]1(C)O. The lowest BCUT2D eigenvalue weighted by atomic mass is 9.78. The van der Waals surface area contributed by atoms with Crippen molar-refractivity contribution in [3.63, 3.8) is 0 Å². The van der Waals surface area contributed by atoms with Gasteiger partial charge in [-0.3, -0.25) is 4.79 Å². The smallest absolute Gasteiger partial charge is 0.338 e. The van der Waals surface area contributed by atoms with E-state index in [0.717, 1.165) is 0 Å². The summed E-state index contributed by atoms with van der Waals surface area (Å²) < 4.78 is 24.7. The third-order valence-corrected chi connectivity index (χ3v) is 10.4. The minimum absolute atomic E-state index is 0.148. The maximum atomic E-state index is 13.5. The van der Waals surface area contributed by atoms with Crippen molar-refractivity contribution in [1.82, 2.24) is 10.2 Å². The molecule has 0 saturated carbocycles. The first-order valence-corrected chi connectivity index (χ1v) is 17.3. The fourth-order valence-electron chi connectivity index (χ4n) is 7.42. The first-order chi connectivity index (χ1) is 22.3. The molecule has 0 amide bonds. The summed E-state index contributed by atoms with van der Waals surface area (Å²) >= 11 is 0. The number of carbonyl (C=O) groups excluding carboxylic acids is 2. The second-order valence-corrected chi connectivity index (χ2v) is 14.7. The average Bonchev–Trinajstić information content (AvgIpc) is 3.04. The predicted molar refractivity (Wildman–Crippen MR) is 180 cm³/mol. The molecule has 3 rings (SSSR count). The molecule has 0 aliphatic carbocycles. The summed E-state index contributed by atoms with van der Waals surface area (Å²) in [6.07, 6.45) is -6.12. The summed E-state index contributed by atoms with van der Waals surface area (Å²) in [5.41, 5.74) is -2.99. The number of nitrogens with one attached hydrogen (secondary N) is 1. The van der Waals surface area contributed by atoms with Crippen molar-refractivity contribution in [2.75, 3.05) is 20.6 Å². The van der Waals surface area contributed by atoms with Gasteiger partial charge in [-0.2, -0.15) is 0 Å². The number of aliphatic hydroxyl groups excluding tert-OH is 2. The van der Waals surface area contributed by atoms with Crippen LogP contribution in [0.4, 0.5) is 0 Å². The molecule has 2 aliphatic heterocycles. The number of benzene rings is 1. The van der Waals surface area contributed by atoms with Gasteiger partial charge in [0.2, 0.25) is 0 Å². The Balaban J connectivity index is 2.03. The summed E-state index contributed by atoms with van der Waals surface area (Å²) in [6, 6.07) is 7.73. The molecule has 1 aromatic carbocycles. The van der Waals surface area contributed by atoms with Gasteiger partial charge in [-0.25, -0.2) is 4.79 Å². The maximum absolute atomic E-state index is 13.5. The van der Waals surface area contributed by atoms with Gasteiger partial charge < -0.3 is 49.6 Å². The van der Waals surface area contributed by atoms with E-state index in [4.69, 9.17) is 18.9 Å². The van der Waals surface area contributed by atoms with Gasteiger partial charge in [0.25, 0.3) is 0 Å². The van der Waals surface area contributed by atoms with Gasteiger partial charge in [-0.15, -0.1) is 0 Å².